The molecule has 0 aliphatic carbocycles. The van der Waals surface area contributed by atoms with Crippen LogP contribution in [-0.2, 0) is 0 Å². The maximum atomic E-state index is 5.69. The molecule has 1 aromatic carbocycles. The fourth-order valence-corrected chi connectivity index (χ4v) is 2.31. The minimum Gasteiger partial charge on any atom is -0.371 e. The van der Waals surface area contributed by atoms with Crippen LogP contribution in [0.15, 0.2) is 30.3 Å². The van der Waals surface area contributed by atoms with Crippen molar-refractivity contribution in [1.29, 1.82) is 0 Å². The fourth-order valence-electron chi connectivity index (χ4n) is 2.22. The topological polar surface area (TPSA) is 3.24 Å². The molecule has 86 valence electrons. The quantitative estimate of drug-likeness (QED) is 0.718. The molecule has 0 amide bonds. The molecule has 2 heteroatoms. The van der Waals surface area contributed by atoms with E-state index in [0.717, 1.165) is 0 Å². The lowest BCUT2D eigenvalue weighted by Crippen LogP contribution is -2.29. The Hall–Kier alpha value is -0.950. The van der Waals surface area contributed by atoms with Crippen LogP contribution in [0.2, 0.25) is 0 Å². The van der Waals surface area contributed by atoms with Gasteiger partial charge in [-0.3, -0.25) is 0 Å². The number of halogens is 1. The number of allylic oxidation sites excluding steroid dienone is 1. The van der Waals surface area contributed by atoms with Gasteiger partial charge in [-0.1, -0.05) is 30.4 Å². The van der Waals surface area contributed by atoms with Gasteiger partial charge in [-0.25, -0.2) is 0 Å². The van der Waals surface area contributed by atoms with Gasteiger partial charge < -0.3 is 4.90 Å². The van der Waals surface area contributed by atoms with Gasteiger partial charge in [-0.15, -0.1) is 11.6 Å². The van der Waals surface area contributed by atoms with Crippen LogP contribution in [0.1, 0.15) is 24.8 Å². The first-order valence-electron chi connectivity index (χ1n) is 5.98. The minimum absolute atomic E-state index is 0.578. The third kappa shape index (κ3) is 2.79. The van der Waals surface area contributed by atoms with Crippen LogP contribution in [0.5, 0.6) is 0 Å². The predicted molar refractivity (Wildman–Crippen MR) is 72.3 cm³/mol. The van der Waals surface area contributed by atoms with Crippen molar-refractivity contribution < 1.29 is 0 Å². The molecular formula is C14H18ClN. The highest BCUT2D eigenvalue weighted by Gasteiger charge is 2.12. The summed E-state index contributed by atoms with van der Waals surface area (Å²) in [6, 6.07) is 8.57. The second-order valence-electron chi connectivity index (χ2n) is 4.16. The summed E-state index contributed by atoms with van der Waals surface area (Å²) in [5.41, 5.74) is 2.63. The lowest BCUT2D eigenvalue weighted by atomic mass is 10.1. The molecule has 0 atom stereocenters. The SMILES string of the molecule is ClC/C=C/c1ccccc1N1CCCCC1. The minimum atomic E-state index is 0.578. The molecule has 0 radical (unpaired) electrons. The number of benzene rings is 1. The molecule has 0 N–H and O–H groups in total. The molecule has 1 fully saturated rings. The van der Waals surface area contributed by atoms with E-state index in [1.165, 1.54) is 43.6 Å². The van der Waals surface area contributed by atoms with E-state index in [4.69, 9.17) is 11.6 Å². The van der Waals surface area contributed by atoms with Crippen molar-refractivity contribution >= 4 is 23.4 Å². The Morgan fingerprint density at radius 1 is 1.12 bits per heavy atom. The van der Waals surface area contributed by atoms with Crippen molar-refractivity contribution in [2.24, 2.45) is 0 Å². The van der Waals surface area contributed by atoms with E-state index < -0.39 is 0 Å². The van der Waals surface area contributed by atoms with Crippen molar-refractivity contribution in [2.75, 3.05) is 23.9 Å². The van der Waals surface area contributed by atoms with Gasteiger partial charge in [0.25, 0.3) is 0 Å². The van der Waals surface area contributed by atoms with Crippen molar-refractivity contribution in [3.8, 4) is 0 Å². The van der Waals surface area contributed by atoms with Crippen molar-refractivity contribution in [3.05, 3.63) is 35.9 Å². The Morgan fingerprint density at radius 2 is 1.88 bits per heavy atom. The van der Waals surface area contributed by atoms with Crippen LogP contribution in [0.3, 0.4) is 0 Å². The number of anilines is 1. The number of rotatable bonds is 3. The van der Waals surface area contributed by atoms with E-state index in [1.54, 1.807) is 0 Å². The first kappa shape index (κ1) is 11.5. The second-order valence-corrected chi connectivity index (χ2v) is 4.47. The Bertz CT molecular complexity index is 354. The van der Waals surface area contributed by atoms with E-state index in [9.17, 15) is 0 Å². The molecule has 2 rings (SSSR count). The summed E-state index contributed by atoms with van der Waals surface area (Å²) in [6.45, 7) is 2.37. The highest BCUT2D eigenvalue weighted by Crippen LogP contribution is 2.24. The van der Waals surface area contributed by atoms with E-state index in [2.05, 4.69) is 35.2 Å². The molecular weight excluding hydrogens is 218 g/mol. The predicted octanol–water partition coefficient (Wildman–Crippen LogP) is 3.93. The van der Waals surface area contributed by atoms with Gasteiger partial charge in [0.15, 0.2) is 0 Å². The highest BCUT2D eigenvalue weighted by molar-refractivity contribution is 6.19. The molecule has 0 saturated carbocycles. The molecule has 16 heavy (non-hydrogen) atoms. The number of piperidine rings is 1. The zero-order valence-electron chi connectivity index (χ0n) is 9.53. The van der Waals surface area contributed by atoms with Gasteiger partial charge in [0.2, 0.25) is 0 Å². The van der Waals surface area contributed by atoms with Crippen LogP contribution in [-0.4, -0.2) is 19.0 Å². The van der Waals surface area contributed by atoms with Gasteiger partial charge in [0.1, 0.15) is 0 Å². The molecule has 1 nitrogen and oxygen atoms in total. The molecule has 0 bridgehead atoms. The molecule has 0 aromatic heterocycles. The number of alkyl halides is 1. The van der Waals surface area contributed by atoms with Crippen LogP contribution in [0.4, 0.5) is 5.69 Å². The standard InChI is InChI=1S/C14H18ClN/c15-10-6-8-13-7-2-3-9-14(13)16-11-4-1-5-12-16/h2-3,6-9H,1,4-5,10-12H2/b8-6+. The fraction of sp³-hybridized carbons (Fsp3) is 0.429. The Kier molecular flexibility index (Phi) is 4.29. The number of nitrogens with zero attached hydrogens (tertiary/aromatic N) is 1. The van der Waals surface area contributed by atoms with Crippen LogP contribution in [0, 0.1) is 0 Å². The summed E-state index contributed by atoms with van der Waals surface area (Å²) in [5.74, 6) is 0.578. The average Bonchev–Trinajstić information content (AvgIpc) is 2.38. The van der Waals surface area contributed by atoms with Gasteiger partial charge in [-0.05, 0) is 30.9 Å². The van der Waals surface area contributed by atoms with Crippen LogP contribution >= 0.6 is 11.6 Å². The summed E-state index contributed by atoms with van der Waals surface area (Å²) in [7, 11) is 0. The van der Waals surface area contributed by atoms with Gasteiger partial charge in [0.05, 0.1) is 0 Å². The monoisotopic (exact) mass is 235 g/mol. The smallest absolute Gasteiger partial charge is 0.0439 e. The van der Waals surface area contributed by atoms with E-state index in [1.807, 2.05) is 6.08 Å². The van der Waals surface area contributed by atoms with Crippen molar-refractivity contribution in [1.82, 2.24) is 0 Å². The zero-order valence-corrected chi connectivity index (χ0v) is 10.3. The molecule has 0 spiro atoms. The highest BCUT2D eigenvalue weighted by atomic mass is 35.5. The average molecular weight is 236 g/mol. The molecule has 1 aliphatic rings. The van der Waals surface area contributed by atoms with E-state index >= 15 is 0 Å². The molecule has 1 aromatic rings. The summed E-state index contributed by atoms with van der Waals surface area (Å²) in [6.07, 6.45) is 8.12. The summed E-state index contributed by atoms with van der Waals surface area (Å²) >= 11 is 5.69. The first-order valence-corrected chi connectivity index (χ1v) is 6.52. The number of para-hydroxylation sites is 1. The van der Waals surface area contributed by atoms with Crippen LogP contribution in [0.25, 0.3) is 6.08 Å². The number of hydrogen-bond acceptors (Lipinski definition) is 1. The first-order chi connectivity index (χ1) is 7.92. The molecule has 0 unspecified atom stereocenters. The maximum Gasteiger partial charge on any atom is 0.0439 e. The molecule has 1 aliphatic heterocycles. The molecule has 1 saturated heterocycles. The van der Waals surface area contributed by atoms with Crippen molar-refractivity contribution in [2.45, 2.75) is 19.3 Å². The lowest BCUT2D eigenvalue weighted by Gasteiger charge is -2.30. The second kappa shape index (κ2) is 5.95. The third-order valence-electron chi connectivity index (χ3n) is 3.02. The molecule has 1 heterocycles. The largest absolute Gasteiger partial charge is 0.371 e. The normalized spacial score (nSPS) is 16.9. The van der Waals surface area contributed by atoms with Crippen LogP contribution < -0.4 is 4.90 Å². The summed E-state index contributed by atoms with van der Waals surface area (Å²) in [4.78, 5) is 2.48. The maximum absolute atomic E-state index is 5.69. The Morgan fingerprint density at radius 3 is 2.62 bits per heavy atom. The zero-order chi connectivity index (χ0) is 11.2. The lowest BCUT2D eigenvalue weighted by molar-refractivity contribution is 0.577. The Labute approximate surface area is 103 Å². The van der Waals surface area contributed by atoms with Gasteiger partial charge in [0, 0.05) is 24.7 Å². The van der Waals surface area contributed by atoms with Gasteiger partial charge in [-0.2, -0.15) is 0 Å². The Balaban J connectivity index is 2.20. The van der Waals surface area contributed by atoms with Crippen molar-refractivity contribution in [3.63, 3.8) is 0 Å². The number of hydrogen-bond donors (Lipinski definition) is 0. The van der Waals surface area contributed by atoms with E-state index in [0.29, 0.717) is 5.88 Å². The summed E-state index contributed by atoms with van der Waals surface area (Å²) in [5, 5.41) is 0. The van der Waals surface area contributed by atoms with Gasteiger partial charge >= 0.3 is 0 Å². The third-order valence-corrected chi connectivity index (χ3v) is 3.20. The summed E-state index contributed by atoms with van der Waals surface area (Å²) < 4.78 is 0. The van der Waals surface area contributed by atoms with E-state index in [-0.39, 0.29) is 0 Å².